The summed E-state index contributed by atoms with van der Waals surface area (Å²) in [7, 11) is 0. The van der Waals surface area contributed by atoms with Gasteiger partial charge in [0.25, 0.3) is 5.91 Å². The number of aliphatic imine (C=N–C) groups is 1. The Hall–Kier alpha value is -2.14. The van der Waals surface area contributed by atoms with Gasteiger partial charge in [-0.15, -0.1) is 0 Å². The van der Waals surface area contributed by atoms with Gasteiger partial charge < -0.3 is 0 Å². The highest BCUT2D eigenvalue weighted by Gasteiger charge is 2.18. The molecule has 0 bridgehead atoms. The third-order valence-electron chi connectivity index (χ3n) is 2.80. The molecule has 1 aliphatic rings. The fourth-order valence-electron chi connectivity index (χ4n) is 1.89. The standard InChI is InChI=1S/C14H11N3OS/c1-19-14-16-12(13(18)17-14)8-9-4-5-11-10(7-9)3-2-6-15-11/h2-8H,1H3,(H,16,17,18)/b12-8-. The number of amidine groups is 1. The molecule has 1 aromatic carbocycles. The van der Waals surface area contributed by atoms with E-state index in [-0.39, 0.29) is 5.91 Å². The molecule has 0 saturated carbocycles. The van der Waals surface area contributed by atoms with Crippen molar-refractivity contribution in [1.82, 2.24) is 10.3 Å². The van der Waals surface area contributed by atoms with E-state index in [1.165, 1.54) is 11.8 Å². The molecule has 1 aromatic heterocycles. The number of carbonyl (C=O) groups excluding carboxylic acids is 1. The van der Waals surface area contributed by atoms with E-state index in [2.05, 4.69) is 15.3 Å². The lowest BCUT2D eigenvalue weighted by Crippen LogP contribution is -2.21. The van der Waals surface area contributed by atoms with Crippen LogP contribution in [0.2, 0.25) is 0 Å². The number of fused-ring (bicyclic) bond motifs is 1. The topological polar surface area (TPSA) is 54.4 Å². The number of benzene rings is 1. The Balaban J connectivity index is 2.01. The molecular weight excluding hydrogens is 258 g/mol. The highest BCUT2D eigenvalue weighted by atomic mass is 32.2. The highest BCUT2D eigenvalue weighted by Crippen LogP contribution is 2.18. The first kappa shape index (κ1) is 11.9. The van der Waals surface area contributed by atoms with Crippen molar-refractivity contribution in [2.75, 3.05) is 6.26 Å². The number of aromatic nitrogens is 1. The van der Waals surface area contributed by atoms with Crippen LogP contribution in [0.25, 0.3) is 17.0 Å². The Kier molecular flexibility index (Phi) is 3.05. The summed E-state index contributed by atoms with van der Waals surface area (Å²) in [5.41, 5.74) is 2.32. The van der Waals surface area contributed by atoms with Gasteiger partial charge in [-0.2, -0.15) is 0 Å². The lowest BCUT2D eigenvalue weighted by atomic mass is 10.1. The predicted molar refractivity (Wildman–Crippen MR) is 78.8 cm³/mol. The van der Waals surface area contributed by atoms with Gasteiger partial charge in [0.05, 0.1) is 5.52 Å². The molecule has 0 radical (unpaired) electrons. The van der Waals surface area contributed by atoms with E-state index in [0.717, 1.165) is 16.5 Å². The molecule has 0 spiro atoms. The number of nitrogens with one attached hydrogen (secondary N) is 1. The second kappa shape index (κ2) is 4.85. The summed E-state index contributed by atoms with van der Waals surface area (Å²) in [6.45, 7) is 0. The SMILES string of the molecule is CSC1=N/C(=C\c2ccc3ncccc3c2)C(=O)N1. The predicted octanol–water partition coefficient (Wildman–Crippen LogP) is 2.42. The summed E-state index contributed by atoms with van der Waals surface area (Å²) in [6, 6.07) is 9.76. The maximum atomic E-state index is 11.7. The summed E-state index contributed by atoms with van der Waals surface area (Å²) in [4.78, 5) is 20.2. The average molecular weight is 269 g/mol. The van der Waals surface area contributed by atoms with E-state index in [9.17, 15) is 4.79 Å². The zero-order valence-electron chi connectivity index (χ0n) is 10.3. The third-order valence-corrected chi connectivity index (χ3v) is 3.38. The van der Waals surface area contributed by atoms with Gasteiger partial charge in [0.2, 0.25) is 0 Å². The quantitative estimate of drug-likeness (QED) is 0.809. The normalized spacial score (nSPS) is 16.8. The van der Waals surface area contributed by atoms with Crippen LogP contribution in [-0.4, -0.2) is 22.3 Å². The van der Waals surface area contributed by atoms with E-state index >= 15 is 0 Å². The third kappa shape index (κ3) is 2.37. The second-order valence-electron chi connectivity index (χ2n) is 4.06. The fourth-order valence-corrected chi connectivity index (χ4v) is 2.27. The van der Waals surface area contributed by atoms with Crippen molar-refractivity contribution in [3.8, 4) is 0 Å². The van der Waals surface area contributed by atoms with Gasteiger partial charge in [0.1, 0.15) is 5.70 Å². The zero-order valence-corrected chi connectivity index (χ0v) is 11.1. The molecule has 5 heteroatoms. The maximum absolute atomic E-state index is 11.7. The number of rotatable bonds is 1. The monoisotopic (exact) mass is 269 g/mol. The molecule has 1 amide bonds. The summed E-state index contributed by atoms with van der Waals surface area (Å²) in [5, 5.41) is 4.39. The molecule has 19 heavy (non-hydrogen) atoms. The Morgan fingerprint density at radius 3 is 3.00 bits per heavy atom. The van der Waals surface area contributed by atoms with E-state index < -0.39 is 0 Å². The van der Waals surface area contributed by atoms with Gasteiger partial charge in [-0.05, 0) is 36.1 Å². The van der Waals surface area contributed by atoms with Crippen molar-refractivity contribution in [2.24, 2.45) is 4.99 Å². The molecular formula is C14H11N3OS. The molecule has 0 atom stereocenters. The highest BCUT2D eigenvalue weighted by molar-refractivity contribution is 8.13. The van der Waals surface area contributed by atoms with Gasteiger partial charge >= 0.3 is 0 Å². The minimum atomic E-state index is -0.157. The molecule has 0 aliphatic carbocycles. The summed E-state index contributed by atoms with van der Waals surface area (Å²) in [6.07, 6.45) is 5.43. The number of hydrogen-bond donors (Lipinski definition) is 1. The van der Waals surface area contributed by atoms with Crippen LogP contribution < -0.4 is 5.32 Å². The Bertz CT molecular complexity index is 721. The first-order valence-electron chi connectivity index (χ1n) is 5.77. The Morgan fingerprint density at radius 1 is 1.32 bits per heavy atom. The van der Waals surface area contributed by atoms with Crippen LogP contribution in [-0.2, 0) is 4.79 Å². The minimum absolute atomic E-state index is 0.157. The first-order chi connectivity index (χ1) is 9.26. The van der Waals surface area contributed by atoms with E-state index in [0.29, 0.717) is 10.9 Å². The molecule has 2 heterocycles. The van der Waals surface area contributed by atoms with Gasteiger partial charge in [-0.3, -0.25) is 15.1 Å². The fraction of sp³-hybridized carbons (Fsp3) is 0.0714. The zero-order chi connectivity index (χ0) is 13.2. The smallest absolute Gasteiger partial charge is 0.275 e. The molecule has 1 aliphatic heterocycles. The Morgan fingerprint density at radius 2 is 2.21 bits per heavy atom. The number of amides is 1. The van der Waals surface area contributed by atoms with Crippen LogP contribution in [0, 0.1) is 0 Å². The maximum Gasteiger partial charge on any atom is 0.275 e. The van der Waals surface area contributed by atoms with Crippen LogP contribution in [0.3, 0.4) is 0 Å². The van der Waals surface area contributed by atoms with Crippen LogP contribution in [0.15, 0.2) is 47.2 Å². The Labute approximate surface area is 114 Å². The molecule has 3 rings (SSSR count). The number of carbonyl (C=O) groups is 1. The lowest BCUT2D eigenvalue weighted by molar-refractivity contribution is -0.115. The van der Waals surface area contributed by atoms with Crippen LogP contribution in [0.4, 0.5) is 0 Å². The molecule has 4 nitrogen and oxygen atoms in total. The average Bonchev–Trinajstić information content (AvgIpc) is 2.79. The summed E-state index contributed by atoms with van der Waals surface area (Å²) >= 11 is 1.42. The summed E-state index contributed by atoms with van der Waals surface area (Å²) in [5.74, 6) is -0.157. The molecule has 2 aromatic rings. The second-order valence-corrected chi connectivity index (χ2v) is 4.86. The number of nitrogens with zero attached hydrogens (tertiary/aromatic N) is 2. The van der Waals surface area contributed by atoms with Crippen LogP contribution in [0.5, 0.6) is 0 Å². The van der Waals surface area contributed by atoms with Crippen LogP contribution in [0.1, 0.15) is 5.56 Å². The first-order valence-corrected chi connectivity index (χ1v) is 6.99. The molecule has 1 N–H and O–H groups in total. The van der Waals surface area contributed by atoms with Crippen molar-refractivity contribution in [1.29, 1.82) is 0 Å². The van der Waals surface area contributed by atoms with Gasteiger partial charge in [-0.1, -0.05) is 23.9 Å². The molecule has 0 fully saturated rings. The van der Waals surface area contributed by atoms with Gasteiger partial charge in [0, 0.05) is 11.6 Å². The van der Waals surface area contributed by atoms with Crippen molar-refractivity contribution in [2.45, 2.75) is 0 Å². The summed E-state index contributed by atoms with van der Waals surface area (Å²) < 4.78 is 0. The largest absolute Gasteiger partial charge is 0.300 e. The van der Waals surface area contributed by atoms with E-state index in [1.54, 1.807) is 12.3 Å². The van der Waals surface area contributed by atoms with Crippen molar-refractivity contribution in [3.05, 3.63) is 47.8 Å². The molecule has 0 saturated heterocycles. The molecule has 94 valence electrons. The van der Waals surface area contributed by atoms with E-state index in [1.807, 2.05) is 36.6 Å². The number of pyridine rings is 1. The van der Waals surface area contributed by atoms with E-state index in [4.69, 9.17) is 0 Å². The molecule has 0 unspecified atom stereocenters. The number of hydrogen-bond acceptors (Lipinski definition) is 4. The van der Waals surface area contributed by atoms with Crippen molar-refractivity contribution < 1.29 is 4.79 Å². The van der Waals surface area contributed by atoms with Crippen LogP contribution >= 0.6 is 11.8 Å². The lowest BCUT2D eigenvalue weighted by Gasteiger charge is -1.98. The van der Waals surface area contributed by atoms with Gasteiger partial charge in [-0.25, -0.2) is 4.99 Å². The van der Waals surface area contributed by atoms with Gasteiger partial charge in [0.15, 0.2) is 5.17 Å². The minimum Gasteiger partial charge on any atom is -0.300 e. The number of thioether (sulfide) groups is 1. The van der Waals surface area contributed by atoms with Crippen molar-refractivity contribution >= 4 is 39.8 Å². The van der Waals surface area contributed by atoms with Crippen molar-refractivity contribution in [3.63, 3.8) is 0 Å².